The number of ether oxygens (including phenoxy) is 2. The summed E-state index contributed by atoms with van der Waals surface area (Å²) in [7, 11) is 1.15. The van der Waals surface area contributed by atoms with Crippen molar-refractivity contribution in [3.63, 3.8) is 0 Å². The summed E-state index contributed by atoms with van der Waals surface area (Å²) in [6.07, 6.45) is 52.4. The second-order valence-corrected chi connectivity index (χ2v) is 18.9. The summed E-state index contributed by atoms with van der Waals surface area (Å²) in [5.41, 5.74) is 0. The molecule has 0 aromatic rings. The number of hydrogen-bond donors (Lipinski definition) is 0. The van der Waals surface area contributed by atoms with Crippen LogP contribution in [0.1, 0.15) is 200 Å². The third kappa shape index (κ3) is 47.0. The maximum absolute atomic E-state index is 12.7. The Morgan fingerprint density at radius 3 is 1.41 bits per heavy atom. The Hall–Kier alpha value is -2.29. The van der Waals surface area contributed by atoms with Crippen molar-refractivity contribution in [3.05, 3.63) is 60.8 Å². The largest absolute Gasteiger partial charge is 0.756 e. The van der Waals surface area contributed by atoms with Gasteiger partial charge in [-0.1, -0.05) is 171 Å². The number of phosphoric acid groups is 1. The SMILES string of the molecule is CC/C=C\C/C=C\C/C=C\C/C=C\CCCCCCCCCCCCC(=O)OC(COC(=O)CCCCCCC/C=C\CCCCCCC)COP(=O)([O-])OCC[N+](C)(C)C. The van der Waals surface area contributed by atoms with Crippen LogP contribution in [0.3, 0.4) is 0 Å². The molecule has 9 nitrogen and oxygen atoms in total. The van der Waals surface area contributed by atoms with Crippen LogP contribution >= 0.6 is 7.82 Å². The number of nitrogens with zero attached hydrogens (tertiary/aromatic N) is 1. The van der Waals surface area contributed by atoms with Crippen molar-refractivity contribution in [1.82, 2.24) is 0 Å². The molecule has 0 saturated heterocycles. The van der Waals surface area contributed by atoms with Crippen molar-refractivity contribution in [2.75, 3.05) is 47.5 Å². The summed E-state index contributed by atoms with van der Waals surface area (Å²) in [5, 5.41) is 0. The Bertz CT molecular complexity index is 1220. The molecule has 0 aromatic heterocycles. The Kier molecular flexibility index (Phi) is 41.4. The number of phosphoric ester groups is 1. The maximum atomic E-state index is 12.7. The van der Waals surface area contributed by atoms with Gasteiger partial charge in [0.25, 0.3) is 7.82 Å². The van der Waals surface area contributed by atoms with Crippen LogP contribution in [0.25, 0.3) is 0 Å². The fraction of sp³-hybridized carbons (Fsp3) is 0.765. The van der Waals surface area contributed by atoms with E-state index in [9.17, 15) is 19.0 Å². The minimum atomic E-state index is -4.63. The van der Waals surface area contributed by atoms with Crippen molar-refractivity contribution < 1.29 is 42.1 Å². The van der Waals surface area contributed by atoms with Gasteiger partial charge in [0.2, 0.25) is 0 Å². The fourth-order valence-electron chi connectivity index (χ4n) is 6.46. The van der Waals surface area contributed by atoms with Gasteiger partial charge in [-0.15, -0.1) is 0 Å². The molecule has 0 saturated carbocycles. The van der Waals surface area contributed by atoms with Gasteiger partial charge in [-0.25, -0.2) is 0 Å². The van der Waals surface area contributed by atoms with E-state index in [4.69, 9.17) is 18.5 Å². The standard InChI is InChI=1S/C51H92NO8P/c1-6-8-10-12-14-16-18-20-22-23-24-25-26-27-28-29-30-32-34-36-38-40-42-44-51(54)60-49(48-59-61(55,56)58-46-45-52(3,4)5)47-57-50(53)43-41-39-37-35-33-31-21-19-17-15-13-11-9-7-2/h8,10,14,16,19-22,24-25,49H,6-7,9,11-13,15,17-18,23,26-48H2,1-5H3/b10-8-,16-14-,21-19-,22-20-,25-24-. The van der Waals surface area contributed by atoms with E-state index in [0.29, 0.717) is 17.4 Å². The zero-order valence-corrected chi connectivity index (χ0v) is 40.7. The third-order valence-corrected chi connectivity index (χ3v) is 11.2. The number of carbonyl (C=O) groups excluding carboxylic acids is 2. The number of allylic oxidation sites excluding steroid dienone is 10. The van der Waals surface area contributed by atoms with E-state index in [-0.39, 0.29) is 26.1 Å². The number of unbranched alkanes of at least 4 members (excludes halogenated alkanes) is 20. The average Bonchev–Trinajstić information content (AvgIpc) is 3.21. The Morgan fingerprint density at radius 1 is 0.525 bits per heavy atom. The second-order valence-electron chi connectivity index (χ2n) is 17.4. The van der Waals surface area contributed by atoms with Crippen molar-refractivity contribution >= 4 is 19.8 Å². The third-order valence-electron chi connectivity index (χ3n) is 10.3. The first-order valence-electron chi connectivity index (χ1n) is 24.5. The molecular weight excluding hydrogens is 786 g/mol. The molecule has 0 bridgehead atoms. The molecule has 0 spiro atoms. The van der Waals surface area contributed by atoms with Crippen molar-refractivity contribution in [2.45, 2.75) is 206 Å². The molecule has 354 valence electrons. The van der Waals surface area contributed by atoms with E-state index in [1.165, 1.54) is 77.0 Å². The molecule has 0 N–H and O–H groups in total. The van der Waals surface area contributed by atoms with Crippen LogP contribution in [0, 0.1) is 0 Å². The molecule has 0 heterocycles. The molecule has 0 aliphatic carbocycles. The highest BCUT2D eigenvalue weighted by Crippen LogP contribution is 2.38. The number of hydrogen-bond acceptors (Lipinski definition) is 8. The predicted molar refractivity (Wildman–Crippen MR) is 254 cm³/mol. The van der Waals surface area contributed by atoms with Gasteiger partial charge in [0, 0.05) is 12.8 Å². The molecular formula is C51H92NO8P. The molecule has 0 radical (unpaired) electrons. The molecule has 10 heteroatoms. The minimum Gasteiger partial charge on any atom is -0.756 e. The van der Waals surface area contributed by atoms with E-state index >= 15 is 0 Å². The average molecular weight is 878 g/mol. The molecule has 0 fully saturated rings. The summed E-state index contributed by atoms with van der Waals surface area (Å²) in [6.45, 7) is 4.10. The van der Waals surface area contributed by atoms with Crippen LogP contribution in [-0.2, 0) is 32.7 Å². The molecule has 0 rings (SSSR count). The van der Waals surface area contributed by atoms with Gasteiger partial charge < -0.3 is 27.9 Å². The van der Waals surface area contributed by atoms with Gasteiger partial charge in [-0.05, 0) is 77.0 Å². The summed E-state index contributed by atoms with van der Waals surface area (Å²) >= 11 is 0. The van der Waals surface area contributed by atoms with Gasteiger partial charge in [-0.2, -0.15) is 0 Å². The monoisotopic (exact) mass is 878 g/mol. The smallest absolute Gasteiger partial charge is 0.306 e. The summed E-state index contributed by atoms with van der Waals surface area (Å²) in [5.74, 6) is -0.849. The molecule has 0 aliphatic heterocycles. The van der Waals surface area contributed by atoms with Gasteiger partial charge >= 0.3 is 11.9 Å². The lowest BCUT2D eigenvalue weighted by atomic mass is 10.0. The lowest BCUT2D eigenvalue weighted by Crippen LogP contribution is -2.37. The summed E-state index contributed by atoms with van der Waals surface area (Å²) in [4.78, 5) is 37.6. The lowest BCUT2D eigenvalue weighted by molar-refractivity contribution is -0.870. The maximum Gasteiger partial charge on any atom is 0.306 e. The molecule has 2 atom stereocenters. The van der Waals surface area contributed by atoms with E-state index in [1.807, 2.05) is 21.1 Å². The van der Waals surface area contributed by atoms with Crippen molar-refractivity contribution in [3.8, 4) is 0 Å². The normalized spacial score (nSPS) is 14.0. The lowest BCUT2D eigenvalue weighted by Gasteiger charge is -2.28. The first-order chi connectivity index (χ1) is 29.5. The fourth-order valence-corrected chi connectivity index (χ4v) is 7.19. The molecule has 0 aliphatic rings. The Balaban J connectivity index is 4.27. The van der Waals surface area contributed by atoms with Gasteiger partial charge in [0.05, 0.1) is 27.7 Å². The van der Waals surface area contributed by atoms with E-state index in [2.05, 4.69) is 74.6 Å². The topological polar surface area (TPSA) is 111 Å². The zero-order chi connectivity index (χ0) is 45.0. The van der Waals surface area contributed by atoms with Crippen LogP contribution in [0.2, 0.25) is 0 Å². The summed E-state index contributed by atoms with van der Waals surface area (Å²) < 4.78 is 34.0. The van der Waals surface area contributed by atoms with E-state index in [0.717, 1.165) is 89.9 Å². The molecule has 2 unspecified atom stereocenters. The van der Waals surface area contributed by atoms with Crippen molar-refractivity contribution in [1.29, 1.82) is 0 Å². The Labute approximate surface area is 375 Å². The number of quaternary nitrogens is 1. The molecule has 0 amide bonds. The number of rotatable bonds is 44. The van der Waals surface area contributed by atoms with Crippen LogP contribution in [0.5, 0.6) is 0 Å². The van der Waals surface area contributed by atoms with Crippen molar-refractivity contribution in [2.24, 2.45) is 0 Å². The number of esters is 2. The highest BCUT2D eigenvalue weighted by Gasteiger charge is 2.21. The van der Waals surface area contributed by atoms with Gasteiger partial charge in [0.15, 0.2) is 6.10 Å². The van der Waals surface area contributed by atoms with Crippen LogP contribution < -0.4 is 4.89 Å². The summed E-state index contributed by atoms with van der Waals surface area (Å²) in [6, 6.07) is 0. The first kappa shape index (κ1) is 58.7. The first-order valence-corrected chi connectivity index (χ1v) is 26.0. The minimum absolute atomic E-state index is 0.0349. The van der Waals surface area contributed by atoms with E-state index < -0.39 is 32.5 Å². The molecule has 61 heavy (non-hydrogen) atoms. The quantitative estimate of drug-likeness (QED) is 0.0196. The second kappa shape index (κ2) is 43.0. The Morgan fingerprint density at radius 2 is 0.934 bits per heavy atom. The zero-order valence-electron chi connectivity index (χ0n) is 39.8. The molecule has 0 aromatic carbocycles. The number of likely N-dealkylation sites (N-methyl/N-ethyl adjacent to an activating group) is 1. The number of carbonyl (C=O) groups is 2. The van der Waals surface area contributed by atoms with Crippen LogP contribution in [-0.4, -0.2) is 70.0 Å². The highest BCUT2D eigenvalue weighted by molar-refractivity contribution is 7.45. The van der Waals surface area contributed by atoms with Gasteiger partial charge in [0.1, 0.15) is 19.8 Å². The van der Waals surface area contributed by atoms with Crippen LogP contribution in [0.15, 0.2) is 60.8 Å². The highest BCUT2D eigenvalue weighted by atomic mass is 31.2. The van der Waals surface area contributed by atoms with Crippen LogP contribution in [0.4, 0.5) is 0 Å². The van der Waals surface area contributed by atoms with E-state index in [1.54, 1.807) is 0 Å². The van der Waals surface area contributed by atoms with Gasteiger partial charge in [-0.3, -0.25) is 14.2 Å². The predicted octanol–water partition coefficient (Wildman–Crippen LogP) is 13.8.